The van der Waals surface area contributed by atoms with Crippen LogP contribution in [0.25, 0.3) is 10.9 Å². The highest BCUT2D eigenvalue weighted by Gasteiger charge is 2.47. The Balaban J connectivity index is 1.51. The van der Waals surface area contributed by atoms with E-state index < -0.39 is 27.9 Å². The van der Waals surface area contributed by atoms with Gasteiger partial charge in [0.25, 0.3) is 5.91 Å². The van der Waals surface area contributed by atoms with Gasteiger partial charge in [-0.2, -0.15) is 4.31 Å². The summed E-state index contributed by atoms with van der Waals surface area (Å²) in [6, 6.07) is 17.0. The largest absolute Gasteiger partial charge is 0.494 e. The van der Waals surface area contributed by atoms with Crippen LogP contribution < -0.4 is 9.64 Å². The van der Waals surface area contributed by atoms with E-state index in [-0.39, 0.29) is 27.9 Å². The number of hydrogen-bond donors (Lipinski definition) is 1. The van der Waals surface area contributed by atoms with Crippen molar-refractivity contribution < 1.29 is 22.7 Å². The zero-order valence-electron chi connectivity index (χ0n) is 20.9. The third-order valence-electron chi connectivity index (χ3n) is 6.63. The number of H-pyrrole nitrogens is 1. The van der Waals surface area contributed by atoms with Crippen molar-refractivity contribution in [2.24, 2.45) is 0 Å². The molecule has 1 aliphatic heterocycles. The smallest absolute Gasteiger partial charge is 0.252 e. The van der Waals surface area contributed by atoms with E-state index in [1.54, 1.807) is 24.3 Å². The molecule has 2 heterocycles. The molecule has 1 unspecified atom stereocenters. The van der Waals surface area contributed by atoms with Crippen LogP contribution in [0.3, 0.4) is 0 Å². The Hall–Kier alpha value is -3.37. The van der Waals surface area contributed by atoms with E-state index in [1.807, 2.05) is 37.4 Å². The van der Waals surface area contributed by atoms with E-state index in [0.717, 1.165) is 25.7 Å². The lowest BCUT2D eigenvalue weighted by molar-refractivity contribution is -0.122. The first-order valence-corrected chi connectivity index (χ1v) is 14.5. The predicted molar refractivity (Wildman–Crippen MR) is 151 cm³/mol. The van der Waals surface area contributed by atoms with E-state index in [2.05, 4.69) is 4.98 Å². The molecule has 5 rings (SSSR count). The number of aromatic nitrogens is 1. The van der Waals surface area contributed by atoms with Crippen LogP contribution in [-0.2, 0) is 26.0 Å². The van der Waals surface area contributed by atoms with Crippen LogP contribution in [0.2, 0.25) is 10.0 Å². The maximum Gasteiger partial charge on any atom is 0.252 e. The van der Waals surface area contributed by atoms with Crippen LogP contribution >= 0.6 is 23.2 Å². The fourth-order valence-electron chi connectivity index (χ4n) is 4.78. The van der Waals surface area contributed by atoms with Gasteiger partial charge in [0.05, 0.1) is 23.7 Å². The molecule has 1 aromatic heterocycles. The number of sulfonamides is 1. The van der Waals surface area contributed by atoms with Gasteiger partial charge in [-0.1, -0.05) is 41.4 Å². The minimum atomic E-state index is -4.33. The Morgan fingerprint density at radius 2 is 1.79 bits per heavy atom. The van der Waals surface area contributed by atoms with Crippen molar-refractivity contribution >= 4 is 61.6 Å². The third-order valence-corrected chi connectivity index (χ3v) is 9.26. The van der Waals surface area contributed by atoms with Crippen LogP contribution in [0.1, 0.15) is 18.9 Å². The van der Waals surface area contributed by atoms with E-state index in [9.17, 15) is 18.0 Å². The first-order valence-electron chi connectivity index (χ1n) is 12.3. The fourth-order valence-corrected chi connectivity index (χ4v) is 7.11. The minimum absolute atomic E-state index is 0.0309. The number of anilines is 1. The average Bonchev–Trinajstić information content (AvgIpc) is 3.46. The highest BCUT2D eigenvalue weighted by molar-refractivity contribution is 7.89. The van der Waals surface area contributed by atoms with Gasteiger partial charge in [0.15, 0.2) is 0 Å². The van der Waals surface area contributed by atoms with Crippen LogP contribution in [0.5, 0.6) is 5.75 Å². The number of hydrogen-bond acceptors (Lipinski definition) is 5. The van der Waals surface area contributed by atoms with Gasteiger partial charge in [-0.05, 0) is 67.4 Å². The molecule has 0 saturated carbocycles. The summed E-state index contributed by atoms with van der Waals surface area (Å²) in [6.07, 6.45) is 1.80. The summed E-state index contributed by atoms with van der Waals surface area (Å²) in [7, 11) is -4.33. The molecule has 2 amide bonds. The van der Waals surface area contributed by atoms with Gasteiger partial charge in [0.2, 0.25) is 15.9 Å². The predicted octanol–water partition coefficient (Wildman–Crippen LogP) is 5.44. The summed E-state index contributed by atoms with van der Waals surface area (Å²) in [5, 5.41) is 1.09. The molecule has 0 spiro atoms. The molecule has 0 bridgehead atoms. The number of carbonyl (C=O) groups is 2. The van der Waals surface area contributed by atoms with Crippen molar-refractivity contribution in [2.45, 2.75) is 30.7 Å². The topological polar surface area (TPSA) is 99.8 Å². The lowest BCUT2D eigenvalue weighted by Crippen LogP contribution is -2.46. The summed E-state index contributed by atoms with van der Waals surface area (Å²) >= 11 is 12.4. The lowest BCUT2D eigenvalue weighted by atomic mass is 10.1. The van der Waals surface area contributed by atoms with Crippen molar-refractivity contribution in [3.63, 3.8) is 0 Å². The van der Waals surface area contributed by atoms with Crippen molar-refractivity contribution in [1.82, 2.24) is 9.29 Å². The van der Waals surface area contributed by atoms with Crippen LogP contribution in [-0.4, -0.2) is 48.7 Å². The van der Waals surface area contributed by atoms with Crippen LogP contribution in [0.15, 0.2) is 77.8 Å². The molecule has 8 nitrogen and oxygen atoms in total. The van der Waals surface area contributed by atoms with Gasteiger partial charge in [-0.15, -0.1) is 0 Å². The van der Waals surface area contributed by atoms with E-state index in [4.69, 9.17) is 27.9 Å². The molecule has 1 fully saturated rings. The SMILES string of the molecule is CCOc1ccc(N2C(=O)CC(N(CCc3c[nH]c4ccccc34)S(=O)(=O)c3cc(Cl)ccc3Cl)C2=O)cc1. The number of amides is 2. The Morgan fingerprint density at radius 3 is 2.54 bits per heavy atom. The molecule has 4 aromatic rings. The summed E-state index contributed by atoms with van der Waals surface area (Å²) in [4.78, 5) is 30.8. The third kappa shape index (κ3) is 5.27. The number of nitrogens with one attached hydrogen (secondary N) is 1. The molecule has 0 aliphatic carbocycles. The molecule has 3 aromatic carbocycles. The normalized spacial score (nSPS) is 16.0. The first-order chi connectivity index (χ1) is 18.7. The molecule has 11 heteroatoms. The molecule has 1 aliphatic rings. The Kier molecular flexibility index (Phi) is 7.68. The van der Waals surface area contributed by atoms with Crippen molar-refractivity contribution in [2.75, 3.05) is 18.1 Å². The number of para-hydroxylation sites is 1. The number of imide groups is 1. The number of benzene rings is 3. The van der Waals surface area contributed by atoms with Gasteiger partial charge in [-0.3, -0.25) is 9.59 Å². The van der Waals surface area contributed by atoms with Gasteiger partial charge < -0.3 is 9.72 Å². The van der Waals surface area contributed by atoms with E-state index in [0.29, 0.717) is 24.5 Å². The standard InChI is InChI=1S/C28H25Cl2N3O5S/c1-2-38-21-10-8-20(9-11-21)33-27(34)16-25(28(33)35)32(39(36,37)26-15-19(29)7-12-23(26)30)14-13-18-17-31-24-6-4-3-5-22(18)24/h3-12,15,17,25,31H,2,13-14,16H2,1H3. The summed E-state index contributed by atoms with van der Waals surface area (Å²) in [5.41, 5.74) is 2.13. The zero-order chi connectivity index (χ0) is 27.7. The van der Waals surface area contributed by atoms with E-state index in [1.165, 1.54) is 18.2 Å². The molecule has 39 heavy (non-hydrogen) atoms. The molecule has 1 atom stereocenters. The van der Waals surface area contributed by atoms with Crippen molar-refractivity contribution in [3.8, 4) is 5.75 Å². The zero-order valence-corrected chi connectivity index (χ0v) is 23.3. The molecule has 0 radical (unpaired) electrons. The highest BCUT2D eigenvalue weighted by atomic mass is 35.5. The maximum atomic E-state index is 14.0. The highest BCUT2D eigenvalue weighted by Crippen LogP contribution is 2.34. The molecular weight excluding hydrogens is 561 g/mol. The van der Waals surface area contributed by atoms with Crippen molar-refractivity contribution in [1.29, 1.82) is 0 Å². The quantitative estimate of drug-likeness (QED) is 0.264. The number of fused-ring (bicyclic) bond motifs is 1. The molecule has 1 saturated heterocycles. The van der Waals surface area contributed by atoms with Crippen molar-refractivity contribution in [3.05, 3.63) is 88.5 Å². The number of carbonyl (C=O) groups excluding carboxylic acids is 2. The average molecular weight is 586 g/mol. The fraction of sp³-hybridized carbons (Fsp3) is 0.214. The summed E-state index contributed by atoms with van der Waals surface area (Å²) < 4.78 is 34.5. The molecule has 1 N–H and O–H groups in total. The second-order valence-corrected chi connectivity index (χ2v) is 11.7. The maximum absolute atomic E-state index is 14.0. The van der Waals surface area contributed by atoms with Crippen LogP contribution in [0.4, 0.5) is 5.69 Å². The second-order valence-electron chi connectivity index (χ2n) is 9.01. The summed E-state index contributed by atoms with van der Waals surface area (Å²) in [6.45, 7) is 2.26. The lowest BCUT2D eigenvalue weighted by Gasteiger charge is -2.27. The molecule has 202 valence electrons. The Morgan fingerprint density at radius 1 is 1.05 bits per heavy atom. The summed E-state index contributed by atoms with van der Waals surface area (Å²) in [5.74, 6) is -0.543. The minimum Gasteiger partial charge on any atom is -0.494 e. The first kappa shape index (κ1) is 27.2. The Labute approximate surface area is 236 Å². The molecular formula is C28H25Cl2N3O5S. The van der Waals surface area contributed by atoms with Crippen LogP contribution in [0, 0.1) is 0 Å². The number of halogens is 2. The number of ether oxygens (including phenoxy) is 1. The van der Waals surface area contributed by atoms with E-state index >= 15 is 0 Å². The number of aromatic amines is 1. The van der Waals surface area contributed by atoms with Gasteiger partial charge in [0, 0.05) is 28.7 Å². The monoisotopic (exact) mass is 585 g/mol. The van der Waals surface area contributed by atoms with Gasteiger partial charge in [0.1, 0.15) is 16.7 Å². The van der Waals surface area contributed by atoms with Gasteiger partial charge >= 0.3 is 0 Å². The number of rotatable bonds is 9. The Bertz CT molecular complexity index is 1650. The second kappa shape index (κ2) is 11.0. The number of nitrogens with zero attached hydrogens (tertiary/aromatic N) is 2. The van der Waals surface area contributed by atoms with Gasteiger partial charge in [-0.25, -0.2) is 13.3 Å².